The molecule has 1 aliphatic carbocycles. The summed E-state index contributed by atoms with van der Waals surface area (Å²) in [6, 6.07) is 10.2. The Kier molecular flexibility index (Phi) is 5.85. The first-order chi connectivity index (χ1) is 16.9. The van der Waals surface area contributed by atoms with Crippen LogP contribution in [-0.4, -0.2) is 50.2 Å². The summed E-state index contributed by atoms with van der Waals surface area (Å²) >= 11 is 0. The molecule has 1 unspecified atom stereocenters. The van der Waals surface area contributed by atoms with E-state index >= 15 is 0 Å². The molecule has 3 fully saturated rings. The monoisotopic (exact) mass is 479 g/mol. The van der Waals surface area contributed by atoms with Gasteiger partial charge in [-0.25, -0.2) is 15.0 Å². The first-order valence-corrected chi connectivity index (χ1v) is 12.5. The largest absolute Gasteiger partial charge is 0.377 e. The lowest BCUT2D eigenvalue weighted by Crippen LogP contribution is -2.34. The minimum Gasteiger partial charge on any atom is -0.377 e. The Hall–Kier alpha value is -2.43. The third-order valence-corrected chi connectivity index (χ3v) is 7.38. The predicted octanol–water partition coefficient (Wildman–Crippen LogP) is 3.58. The van der Waals surface area contributed by atoms with Gasteiger partial charge in [0.1, 0.15) is 24.1 Å². The van der Waals surface area contributed by atoms with Gasteiger partial charge >= 0.3 is 0 Å². The number of rotatable bonds is 7. The second-order valence-corrected chi connectivity index (χ2v) is 10.4. The summed E-state index contributed by atoms with van der Waals surface area (Å²) in [5.74, 6) is -0.692. The van der Waals surface area contributed by atoms with Crippen LogP contribution in [-0.2, 0) is 31.1 Å². The minimum absolute atomic E-state index is 0.169. The van der Waals surface area contributed by atoms with Crippen LogP contribution in [0.15, 0.2) is 43.0 Å². The fraction of sp³-hybridized carbons (Fsp3) is 0.577. The van der Waals surface area contributed by atoms with Gasteiger partial charge in [-0.3, -0.25) is 4.57 Å². The number of aromatic nitrogens is 4. The van der Waals surface area contributed by atoms with E-state index in [9.17, 15) is 0 Å². The lowest BCUT2D eigenvalue weighted by atomic mass is 9.94. The molecule has 35 heavy (non-hydrogen) atoms. The molecule has 6 rings (SSSR count). The SMILES string of the molecule is CC1(C)OC2[C@H](n3cnc4c(C5(N)CCCC5)ncnc43)O[C@H](CCOCc3ccccc3)[C@H]2O1. The molecule has 2 aromatic heterocycles. The smallest absolute Gasteiger partial charge is 0.166 e. The number of ether oxygens (including phenoxy) is 4. The maximum absolute atomic E-state index is 6.73. The van der Waals surface area contributed by atoms with Crippen molar-refractivity contribution in [2.45, 2.75) is 88.4 Å². The Bertz CT molecular complexity index is 1180. The summed E-state index contributed by atoms with van der Waals surface area (Å²) in [5, 5.41) is 0. The van der Waals surface area contributed by atoms with E-state index in [1.165, 1.54) is 0 Å². The third-order valence-electron chi connectivity index (χ3n) is 7.38. The molecule has 1 aromatic carbocycles. The zero-order valence-corrected chi connectivity index (χ0v) is 20.3. The van der Waals surface area contributed by atoms with Gasteiger partial charge in [-0.15, -0.1) is 0 Å². The van der Waals surface area contributed by atoms with Crippen molar-refractivity contribution in [3.63, 3.8) is 0 Å². The molecule has 9 nitrogen and oxygen atoms in total. The molecule has 4 heterocycles. The number of nitrogens with zero attached hydrogens (tertiary/aromatic N) is 4. The summed E-state index contributed by atoms with van der Waals surface area (Å²) in [7, 11) is 0. The van der Waals surface area contributed by atoms with E-state index in [1.54, 1.807) is 12.7 Å². The topological polar surface area (TPSA) is 107 Å². The standard InChI is InChI=1S/C26H33N5O4/c1-25(2)34-20-18(10-13-32-14-17-8-4-3-5-9-17)33-24(21(20)35-25)31-16-30-19-22(28-15-29-23(19)31)26(27)11-6-7-12-26/h3-5,8-9,15-16,18,20-21,24H,6-7,10-14,27H2,1-2H3/t18-,20-,21?,24-/m1/s1. The molecule has 4 atom stereocenters. The highest BCUT2D eigenvalue weighted by atomic mass is 16.8. The molecule has 9 heteroatoms. The van der Waals surface area contributed by atoms with Crippen molar-refractivity contribution in [3.8, 4) is 0 Å². The van der Waals surface area contributed by atoms with Crippen LogP contribution in [0.1, 0.15) is 63.4 Å². The van der Waals surface area contributed by atoms with E-state index < -0.39 is 17.6 Å². The molecule has 1 saturated carbocycles. The maximum atomic E-state index is 6.73. The normalized spacial score (nSPS) is 29.1. The zero-order valence-electron chi connectivity index (χ0n) is 20.3. The Balaban J connectivity index is 1.22. The molecular weight excluding hydrogens is 446 g/mol. The van der Waals surface area contributed by atoms with E-state index in [1.807, 2.05) is 36.6 Å². The molecular formula is C26H33N5O4. The number of fused-ring (bicyclic) bond motifs is 2. The highest BCUT2D eigenvalue weighted by Crippen LogP contribution is 2.45. The third kappa shape index (κ3) is 4.25. The van der Waals surface area contributed by atoms with Crippen LogP contribution in [0.3, 0.4) is 0 Å². The number of imidazole rings is 1. The van der Waals surface area contributed by atoms with Gasteiger partial charge in [0.2, 0.25) is 0 Å². The molecule has 3 aromatic rings. The van der Waals surface area contributed by atoms with Crippen molar-refractivity contribution in [3.05, 3.63) is 54.2 Å². The molecule has 0 bridgehead atoms. The lowest BCUT2D eigenvalue weighted by molar-refractivity contribution is -0.198. The summed E-state index contributed by atoms with van der Waals surface area (Å²) < 4.78 is 27.0. The van der Waals surface area contributed by atoms with Crippen molar-refractivity contribution < 1.29 is 18.9 Å². The molecule has 186 valence electrons. The molecule has 2 N–H and O–H groups in total. The fourth-order valence-electron chi connectivity index (χ4n) is 5.72. The van der Waals surface area contributed by atoms with Gasteiger partial charge in [0.25, 0.3) is 0 Å². The summed E-state index contributed by atoms with van der Waals surface area (Å²) in [6.07, 6.45) is 7.01. The van der Waals surface area contributed by atoms with Gasteiger partial charge in [-0.2, -0.15) is 0 Å². The van der Waals surface area contributed by atoms with Gasteiger partial charge in [0.05, 0.1) is 30.3 Å². The fourth-order valence-corrected chi connectivity index (χ4v) is 5.72. The van der Waals surface area contributed by atoms with Gasteiger partial charge in [0, 0.05) is 6.61 Å². The van der Waals surface area contributed by atoms with Crippen molar-refractivity contribution in [1.82, 2.24) is 19.5 Å². The van der Waals surface area contributed by atoms with E-state index in [4.69, 9.17) is 29.7 Å². The highest BCUT2D eigenvalue weighted by molar-refractivity contribution is 5.74. The van der Waals surface area contributed by atoms with E-state index in [2.05, 4.69) is 22.1 Å². The van der Waals surface area contributed by atoms with Crippen LogP contribution in [0.25, 0.3) is 11.2 Å². The van der Waals surface area contributed by atoms with Crippen molar-refractivity contribution in [1.29, 1.82) is 0 Å². The highest BCUT2D eigenvalue weighted by Gasteiger charge is 2.56. The van der Waals surface area contributed by atoms with Gasteiger partial charge in [-0.05, 0) is 38.7 Å². The Morgan fingerprint density at radius 1 is 1.06 bits per heavy atom. The van der Waals surface area contributed by atoms with E-state index in [-0.39, 0.29) is 18.3 Å². The number of nitrogens with two attached hydrogens (primary N) is 1. The molecule has 2 aliphatic heterocycles. The summed E-state index contributed by atoms with van der Waals surface area (Å²) in [6.45, 7) is 5.01. The summed E-state index contributed by atoms with van der Waals surface area (Å²) in [4.78, 5) is 13.8. The average Bonchev–Trinajstić information content (AvgIpc) is 3.61. The quantitative estimate of drug-likeness (QED) is 0.513. The van der Waals surface area contributed by atoms with E-state index in [0.717, 1.165) is 42.5 Å². The van der Waals surface area contributed by atoms with Crippen LogP contribution in [0.5, 0.6) is 0 Å². The average molecular weight is 480 g/mol. The second-order valence-electron chi connectivity index (χ2n) is 10.4. The van der Waals surface area contributed by atoms with Crippen LogP contribution < -0.4 is 5.73 Å². The van der Waals surface area contributed by atoms with Crippen LogP contribution in [0.2, 0.25) is 0 Å². The molecule has 2 saturated heterocycles. The van der Waals surface area contributed by atoms with Crippen molar-refractivity contribution >= 4 is 11.2 Å². The van der Waals surface area contributed by atoms with Gasteiger partial charge in [0.15, 0.2) is 17.7 Å². The second kappa shape index (κ2) is 8.90. The maximum Gasteiger partial charge on any atom is 0.166 e. The Morgan fingerprint density at radius 3 is 2.63 bits per heavy atom. The van der Waals surface area contributed by atoms with Crippen molar-refractivity contribution in [2.75, 3.05) is 6.61 Å². The van der Waals surface area contributed by atoms with Crippen LogP contribution in [0, 0.1) is 0 Å². The molecule has 0 amide bonds. The van der Waals surface area contributed by atoms with E-state index in [0.29, 0.717) is 25.3 Å². The zero-order chi connectivity index (χ0) is 24.0. The van der Waals surface area contributed by atoms with Crippen molar-refractivity contribution in [2.24, 2.45) is 5.73 Å². The van der Waals surface area contributed by atoms with Gasteiger partial charge in [-0.1, -0.05) is 43.2 Å². The number of hydrogen-bond donors (Lipinski definition) is 1. The lowest BCUT2D eigenvalue weighted by Gasteiger charge is -2.25. The number of hydrogen-bond acceptors (Lipinski definition) is 8. The molecule has 0 spiro atoms. The Morgan fingerprint density at radius 2 is 1.83 bits per heavy atom. The first kappa shape index (κ1) is 23.0. The molecule has 0 radical (unpaired) electrons. The minimum atomic E-state index is -0.692. The van der Waals surface area contributed by atoms with Crippen LogP contribution in [0.4, 0.5) is 0 Å². The number of benzene rings is 1. The first-order valence-electron chi connectivity index (χ1n) is 12.5. The Labute approximate surface area is 204 Å². The van der Waals surface area contributed by atoms with Crippen LogP contribution >= 0.6 is 0 Å². The van der Waals surface area contributed by atoms with Gasteiger partial charge < -0.3 is 24.7 Å². The molecule has 3 aliphatic rings. The summed E-state index contributed by atoms with van der Waals surface area (Å²) in [5.41, 5.74) is 9.71. The predicted molar refractivity (Wildman–Crippen MR) is 128 cm³/mol.